The first-order valence-corrected chi connectivity index (χ1v) is 6.06. The summed E-state index contributed by atoms with van der Waals surface area (Å²) >= 11 is 5.79. The van der Waals surface area contributed by atoms with Crippen LogP contribution in [0.2, 0.25) is 5.02 Å². The van der Waals surface area contributed by atoms with Gasteiger partial charge < -0.3 is 4.74 Å². The van der Waals surface area contributed by atoms with Crippen LogP contribution in [0.3, 0.4) is 0 Å². The van der Waals surface area contributed by atoms with Gasteiger partial charge in [0.1, 0.15) is 12.4 Å². The number of ether oxygens (including phenoxy) is 1. The number of non-ortho nitro benzene ring substituents is 1. The van der Waals surface area contributed by atoms with Crippen molar-refractivity contribution in [3.63, 3.8) is 0 Å². The molecule has 0 spiro atoms. The van der Waals surface area contributed by atoms with E-state index in [0.717, 1.165) is 11.1 Å². The highest BCUT2D eigenvalue weighted by Gasteiger charge is 2.09. The molecule has 0 fully saturated rings. The molecule has 0 N–H and O–H groups in total. The molecule has 4 nitrogen and oxygen atoms in total. The fourth-order valence-corrected chi connectivity index (χ4v) is 1.73. The second-order valence-electron chi connectivity index (χ2n) is 4.12. The summed E-state index contributed by atoms with van der Waals surface area (Å²) in [7, 11) is 0. The Morgan fingerprint density at radius 1 is 1.21 bits per heavy atom. The van der Waals surface area contributed by atoms with Gasteiger partial charge in [-0.15, -0.1) is 0 Å². The first-order chi connectivity index (χ1) is 9.06. The molecule has 2 rings (SSSR count). The van der Waals surface area contributed by atoms with Crippen LogP contribution < -0.4 is 4.74 Å². The van der Waals surface area contributed by atoms with E-state index in [1.54, 1.807) is 18.2 Å². The fourth-order valence-electron chi connectivity index (χ4n) is 1.60. The van der Waals surface area contributed by atoms with Crippen molar-refractivity contribution < 1.29 is 9.66 Å². The zero-order valence-corrected chi connectivity index (χ0v) is 11.1. The molecule has 0 aliphatic carbocycles. The molecule has 98 valence electrons. The largest absolute Gasteiger partial charge is 0.488 e. The summed E-state index contributed by atoms with van der Waals surface area (Å²) in [5.41, 5.74) is 1.84. The van der Waals surface area contributed by atoms with Crippen LogP contribution in [0.1, 0.15) is 11.1 Å². The molecular weight excluding hydrogens is 266 g/mol. The summed E-state index contributed by atoms with van der Waals surface area (Å²) in [5.74, 6) is 0.518. The monoisotopic (exact) mass is 277 g/mol. The van der Waals surface area contributed by atoms with Crippen molar-refractivity contribution in [1.29, 1.82) is 0 Å². The van der Waals surface area contributed by atoms with Gasteiger partial charge in [-0.2, -0.15) is 0 Å². The standard InChI is InChI=1S/C14H12ClNO3/c1-10-2-7-13(16(17)18)8-14(10)19-9-11-3-5-12(15)6-4-11/h2-8H,9H2,1H3. The normalized spacial score (nSPS) is 10.2. The van der Waals surface area contributed by atoms with E-state index in [1.807, 2.05) is 19.1 Å². The minimum atomic E-state index is -0.436. The van der Waals surface area contributed by atoms with Gasteiger partial charge in [-0.3, -0.25) is 10.1 Å². The van der Waals surface area contributed by atoms with Crippen molar-refractivity contribution in [3.05, 3.63) is 68.7 Å². The molecule has 2 aromatic carbocycles. The Hall–Kier alpha value is -2.07. The lowest BCUT2D eigenvalue weighted by Gasteiger charge is -2.09. The van der Waals surface area contributed by atoms with Crippen LogP contribution in [-0.2, 0) is 6.61 Å². The van der Waals surface area contributed by atoms with Crippen molar-refractivity contribution in [1.82, 2.24) is 0 Å². The average Bonchev–Trinajstić information content (AvgIpc) is 2.39. The minimum Gasteiger partial charge on any atom is -0.488 e. The molecule has 0 atom stereocenters. The second kappa shape index (κ2) is 5.71. The Balaban J connectivity index is 2.12. The van der Waals surface area contributed by atoms with E-state index in [2.05, 4.69) is 0 Å². The minimum absolute atomic E-state index is 0.0247. The van der Waals surface area contributed by atoms with Crippen LogP contribution in [0.5, 0.6) is 5.75 Å². The van der Waals surface area contributed by atoms with Gasteiger partial charge in [-0.05, 0) is 36.2 Å². The molecule has 0 amide bonds. The highest BCUT2D eigenvalue weighted by atomic mass is 35.5. The van der Waals surface area contributed by atoms with Crippen molar-refractivity contribution in [2.75, 3.05) is 0 Å². The number of rotatable bonds is 4. The van der Waals surface area contributed by atoms with Gasteiger partial charge in [0, 0.05) is 11.1 Å². The van der Waals surface area contributed by atoms with Gasteiger partial charge in [0.15, 0.2) is 0 Å². The summed E-state index contributed by atoms with van der Waals surface area (Å²) in [6, 6.07) is 11.8. The lowest BCUT2D eigenvalue weighted by Crippen LogP contribution is -1.98. The lowest BCUT2D eigenvalue weighted by atomic mass is 10.2. The molecule has 0 aliphatic rings. The van der Waals surface area contributed by atoms with Crippen molar-refractivity contribution in [2.24, 2.45) is 0 Å². The van der Waals surface area contributed by atoms with Crippen molar-refractivity contribution in [3.8, 4) is 5.75 Å². The third-order valence-corrected chi connectivity index (χ3v) is 2.94. The van der Waals surface area contributed by atoms with Gasteiger partial charge >= 0.3 is 0 Å². The number of nitro benzene ring substituents is 1. The van der Waals surface area contributed by atoms with Gasteiger partial charge in [-0.1, -0.05) is 23.7 Å². The maximum atomic E-state index is 10.7. The number of nitro groups is 1. The van der Waals surface area contributed by atoms with Crippen LogP contribution in [0.15, 0.2) is 42.5 Å². The second-order valence-corrected chi connectivity index (χ2v) is 4.56. The molecule has 0 bridgehead atoms. The zero-order chi connectivity index (χ0) is 13.8. The van der Waals surface area contributed by atoms with Crippen LogP contribution in [0.25, 0.3) is 0 Å². The highest BCUT2D eigenvalue weighted by Crippen LogP contribution is 2.25. The molecule has 0 radical (unpaired) electrons. The smallest absolute Gasteiger partial charge is 0.273 e. The van der Waals surface area contributed by atoms with E-state index in [1.165, 1.54) is 12.1 Å². The molecule has 5 heteroatoms. The third-order valence-electron chi connectivity index (χ3n) is 2.69. The Morgan fingerprint density at radius 2 is 1.89 bits per heavy atom. The van der Waals surface area contributed by atoms with E-state index < -0.39 is 4.92 Å². The topological polar surface area (TPSA) is 52.4 Å². The van der Waals surface area contributed by atoms with Crippen LogP contribution in [0.4, 0.5) is 5.69 Å². The van der Waals surface area contributed by atoms with E-state index in [0.29, 0.717) is 17.4 Å². The molecule has 0 unspecified atom stereocenters. The SMILES string of the molecule is Cc1ccc([N+](=O)[O-])cc1OCc1ccc(Cl)cc1. The fraction of sp³-hybridized carbons (Fsp3) is 0.143. The van der Waals surface area contributed by atoms with E-state index >= 15 is 0 Å². The number of hydrogen-bond acceptors (Lipinski definition) is 3. The summed E-state index contributed by atoms with van der Waals surface area (Å²) in [5, 5.41) is 11.4. The molecule has 0 aliphatic heterocycles. The van der Waals surface area contributed by atoms with Crippen LogP contribution >= 0.6 is 11.6 Å². The average molecular weight is 278 g/mol. The maximum absolute atomic E-state index is 10.7. The van der Waals surface area contributed by atoms with Crippen LogP contribution in [-0.4, -0.2) is 4.92 Å². The molecular formula is C14H12ClNO3. The first-order valence-electron chi connectivity index (χ1n) is 5.68. The molecule has 0 saturated carbocycles. The number of halogens is 1. The number of hydrogen-bond donors (Lipinski definition) is 0. The molecule has 0 heterocycles. The summed E-state index contributed by atoms with van der Waals surface area (Å²) in [6.07, 6.45) is 0. The van der Waals surface area contributed by atoms with Gasteiger partial charge in [-0.25, -0.2) is 0 Å². The Morgan fingerprint density at radius 3 is 2.53 bits per heavy atom. The Bertz CT molecular complexity index is 596. The van der Waals surface area contributed by atoms with E-state index in [4.69, 9.17) is 16.3 Å². The Labute approximate surface area is 115 Å². The quantitative estimate of drug-likeness (QED) is 0.623. The molecule has 19 heavy (non-hydrogen) atoms. The van der Waals surface area contributed by atoms with Gasteiger partial charge in [0.05, 0.1) is 11.0 Å². The van der Waals surface area contributed by atoms with E-state index in [-0.39, 0.29) is 5.69 Å². The first kappa shape index (κ1) is 13.4. The van der Waals surface area contributed by atoms with E-state index in [9.17, 15) is 10.1 Å². The predicted octanol–water partition coefficient (Wildman–Crippen LogP) is 4.14. The van der Waals surface area contributed by atoms with Gasteiger partial charge in [0.2, 0.25) is 0 Å². The number of aryl methyl sites for hydroxylation is 1. The highest BCUT2D eigenvalue weighted by molar-refractivity contribution is 6.30. The summed E-state index contributed by atoms with van der Waals surface area (Å²) in [6.45, 7) is 2.19. The lowest BCUT2D eigenvalue weighted by molar-refractivity contribution is -0.385. The van der Waals surface area contributed by atoms with Crippen molar-refractivity contribution in [2.45, 2.75) is 13.5 Å². The molecule has 0 saturated heterocycles. The summed E-state index contributed by atoms with van der Waals surface area (Å²) in [4.78, 5) is 10.3. The number of nitrogens with zero attached hydrogens (tertiary/aromatic N) is 1. The van der Waals surface area contributed by atoms with Gasteiger partial charge in [0.25, 0.3) is 5.69 Å². The zero-order valence-electron chi connectivity index (χ0n) is 10.3. The predicted molar refractivity (Wildman–Crippen MR) is 73.6 cm³/mol. The molecule has 0 aromatic heterocycles. The summed E-state index contributed by atoms with van der Waals surface area (Å²) < 4.78 is 5.61. The third kappa shape index (κ3) is 3.45. The Kier molecular flexibility index (Phi) is 4.02. The maximum Gasteiger partial charge on any atom is 0.273 e. The van der Waals surface area contributed by atoms with Crippen LogP contribution in [0, 0.1) is 17.0 Å². The van der Waals surface area contributed by atoms with Crippen molar-refractivity contribution >= 4 is 17.3 Å². The molecule has 2 aromatic rings. The number of benzene rings is 2.